The third-order valence-corrected chi connectivity index (χ3v) is 7.54. The number of nitro benzene ring substituents is 1. The van der Waals surface area contributed by atoms with Gasteiger partial charge in [-0.15, -0.1) is 0 Å². The lowest BCUT2D eigenvalue weighted by Gasteiger charge is -2.14. The van der Waals surface area contributed by atoms with Gasteiger partial charge in [0, 0.05) is 31.1 Å². The Kier molecular flexibility index (Phi) is 9.17. The smallest absolute Gasteiger partial charge is 0.493 e. The van der Waals surface area contributed by atoms with E-state index in [1.807, 2.05) is 42.9 Å². The van der Waals surface area contributed by atoms with Crippen LogP contribution in [0.3, 0.4) is 0 Å². The molecule has 0 radical (unpaired) electrons. The van der Waals surface area contributed by atoms with Gasteiger partial charge in [-0.05, 0) is 94.9 Å². The number of aromatic nitrogens is 1. The number of nitro groups is 1. The molecule has 1 aliphatic rings. The van der Waals surface area contributed by atoms with Gasteiger partial charge in [-0.25, -0.2) is 9.18 Å². The fraction of sp³-hybridized carbons (Fsp3) is 0.176. The highest BCUT2D eigenvalue weighted by atomic mass is 19.1. The third-order valence-electron chi connectivity index (χ3n) is 7.54. The Hall–Kier alpha value is -5.91. The summed E-state index contributed by atoms with van der Waals surface area (Å²) < 4.78 is 37.9. The van der Waals surface area contributed by atoms with Gasteiger partial charge in [0.15, 0.2) is 11.5 Å². The monoisotopic (exact) mass is 627 g/mol. The van der Waals surface area contributed by atoms with Gasteiger partial charge < -0.3 is 28.8 Å². The summed E-state index contributed by atoms with van der Waals surface area (Å²) >= 11 is 0. The first-order valence-corrected chi connectivity index (χ1v) is 14.1. The molecule has 0 spiro atoms. The third kappa shape index (κ3) is 6.75. The molecule has 0 saturated carbocycles. The van der Waals surface area contributed by atoms with Crippen molar-refractivity contribution in [3.05, 3.63) is 117 Å². The number of halogens is 1. The van der Waals surface area contributed by atoms with Crippen LogP contribution in [0.15, 0.2) is 78.5 Å². The summed E-state index contributed by atoms with van der Waals surface area (Å²) in [6, 6.07) is 16.5. The van der Waals surface area contributed by atoms with Crippen LogP contribution < -0.4 is 24.3 Å². The SMILES string of the molecule is COc1cc(/C=C2/C(C)=C(CC(=O)NCc3cccn3C)c3cc(F)ccc32)cc(OC)c1OC(=O)Oc1ccc([N+](=O)[O-])cc1. The van der Waals surface area contributed by atoms with Crippen LogP contribution in [0, 0.1) is 15.9 Å². The maximum absolute atomic E-state index is 14.4. The van der Waals surface area contributed by atoms with Crippen LogP contribution in [0.1, 0.15) is 35.7 Å². The number of rotatable bonds is 10. The van der Waals surface area contributed by atoms with Crippen molar-refractivity contribution in [2.75, 3.05) is 14.2 Å². The van der Waals surface area contributed by atoms with Crippen LogP contribution in [0.5, 0.6) is 23.0 Å². The van der Waals surface area contributed by atoms with E-state index in [4.69, 9.17) is 18.9 Å². The number of allylic oxidation sites excluding steroid dienone is 2. The maximum atomic E-state index is 14.4. The highest BCUT2D eigenvalue weighted by Crippen LogP contribution is 2.45. The molecule has 0 aliphatic heterocycles. The number of ether oxygens (including phenoxy) is 4. The summed E-state index contributed by atoms with van der Waals surface area (Å²) in [6.07, 6.45) is 2.69. The molecule has 11 nitrogen and oxygen atoms in total. The molecule has 1 aromatic heterocycles. The lowest BCUT2D eigenvalue weighted by atomic mass is 10.00. The molecule has 0 atom stereocenters. The van der Waals surface area contributed by atoms with Crippen molar-refractivity contribution in [1.29, 1.82) is 0 Å². The molecule has 236 valence electrons. The molecule has 0 unspecified atom stereocenters. The first-order valence-electron chi connectivity index (χ1n) is 14.1. The van der Waals surface area contributed by atoms with E-state index in [1.54, 1.807) is 18.2 Å². The van der Waals surface area contributed by atoms with Gasteiger partial charge in [0.1, 0.15) is 11.6 Å². The summed E-state index contributed by atoms with van der Waals surface area (Å²) in [5, 5.41) is 13.8. The fourth-order valence-electron chi connectivity index (χ4n) is 5.16. The number of methoxy groups -OCH3 is 2. The van der Waals surface area contributed by atoms with Crippen molar-refractivity contribution >= 4 is 35.0 Å². The zero-order valence-corrected chi connectivity index (χ0v) is 25.5. The average molecular weight is 628 g/mol. The van der Waals surface area contributed by atoms with E-state index >= 15 is 0 Å². The summed E-state index contributed by atoms with van der Waals surface area (Å²) in [5.41, 5.74) is 5.08. The number of amides is 1. The van der Waals surface area contributed by atoms with Crippen molar-refractivity contribution in [3.63, 3.8) is 0 Å². The van der Waals surface area contributed by atoms with Gasteiger partial charge in [0.2, 0.25) is 11.7 Å². The zero-order valence-electron chi connectivity index (χ0n) is 25.5. The van der Waals surface area contributed by atoms with E-state index in [0.717, 1.165) is 22.4 Å². The number of carbonyl (C=O) groups excluding carboxylic acids is 2. The van der Waals surface area contributed by atoms with Crippen LogP contribution >= 0.6 is 0 Å². The Morgan fingerprint density at radius 3 is 2.28 bits per heavy atom. The van der Waals surface area contributed by atoms with Crippen molar-refractivity contribution in [3.8, 4) is 23.0 Å². The Labute approximate surface area is 263 Å². The van der Waals surface area contributed by atoms with Crippen LogP contribution in [0.25, 0.3) is 17.2 Å². The molecule has 46 heavy (non-hydrogen) atoms. The molecule has 1 amide bonds. The van der Waals surface area contributed by atoms with E-state index in [-0.39, 0.29) is 41.0 Å². The molecule has 0 fully saturated rings. The van der Waals surface area contributed by atoms with Gasteiger partial charge in [0.05, 0.1) is 32.1 Å². The minimum Gasteiger partial charge on any atom is -0.493 e. The molecule has 12 heteroatoms. The summed E-state index contributed by atoms with van der Waals surface area (Å²) in [5.74, 6) is -0.302. The highest BCUT2D eigenvalue weighted by molar-refractivity contribution is 6.08. The van der Waals surface area contributed by atoms with Crippen LogP contribution in [0.4, 0.5) is 14.9 Å². The number of aryl methyl sites for hydroxylation is 1. The number of carbonyl (C=O) groups is 2. The number of benzene rings is 3. The molecule has 5 rings (SSSR count). The topological polar surface area (TPSA) is 131 Å². The molecular weight excluding hydrogens is 597 g/mol. The van der Waals surface area contributed by atoms with Crippen LogP contribution in [-0.2, 0) is 18.4 Å². The number of hydrogen-bond acceptors (Lipinski definition) is 8. The predicted octanol–water partition coefficient (Wildman–Crippen LogP) is 6.70. The van der Waals surface area contributed by atoms with E-state index in [2.05, 4.69) is 5.32 Å². The molecule has 1 aliphatic carbocycles. The second-order valence-corrected chi connectivity index (χ2v) is 10.4. The molecule has 1 N–H and O–H groups in total. The van der Waals surface area contributed by atoms with E-state index in [9.17, 15) is 24.1 Å². The molecular formula is C34H30FN3O8. The predicted molar refractivity (Wildman–Crippen MR) is 168 cm³/mol. The zero-order chi connectivity index (χ0) is 33.0. The number of fused-ring (bicyclic) bond motifs is 1. The first-order chi connectivity index (χ1) is 22.1. The maximum Gasteiger partial charge on any atom is 0.519 e. The Balaban J connectivity index is 1.41. The molecule has 3 aromatic carbocycles. The Morgan fingerprint density at radius 1 is 0.978 bits per heavy atom. The minimum absolute atomic E-state index is 0.0398. The number of hydrogen-bond donors (Lipinski definition) is 1. The lowest BCUT2D eigenvalue weighted by Crippen LogP contribution is -2.23. The summed E-state index contributed by atoms with van der Waals surface area (Å²) in [6.45, 7) is 2.24. The normalized spacial score (nSPS) is 12.9. The van der Waals surface area contributed by atoms with Crippen LogP contribution in [-0.4, -0.2) is 35.8 Å². The number of non-ortho nitro benzene ring substituents is 1. The summed E-state index contributed by atoms with van der Waals surface area (Å²) in [4.78, 5) is 35.9. The standard InChI is InChI=1S/C34H30FN3O8/c1-20-27(26-12-7-22(35)17-29(26)28(20)18-32(39)36-19-24-6-5-13-37(24)2)14-21-15-30(43-3)33(31(16-21)44-4)46-34(40)45-25-10-8-23(9-11-25)38(41)42/h5-17H,18-19H2,1-4H3,(H,36,39)/b27-14-. The molecule has 4 aromatic rings. The molecule has 0 saturated heterocycles. The van der Waals surface area contributed by atoms with Crippen molar-refractivity contribution in [2.45, 2.75) is 19.9 Å². The number of nitrogens with one attached hydrogen (secondary N) is 1. The van der Waals surface area contributed by atoms with Gasteiger partial charge in [-0.1, -0.05) is 6.07 Å². The summed E-state index contributed by atoms with van der Waals surface area (Å²) in [7, 11) is 4.69. The lowest BCUT2D eigenvalue weighted by molar-refractivity contribution is -0.384. The minimum atomic E-state index is -1.11. The van der Waals surface area contributed by atoms with E-state index in [1.165, 1.54) is 50.6 Å². The second-order valence-electron chi connectivity index (χ2n) is 10.4. The van der Waals surface area contributed by atoms with Crippen LogP contribution in [0.2, 0.25) is 0 Å². The van der Waals surface area contributed by atoms with Crippen molar-refractivity contribution in [2.24, 2.45) is 7.05 Å². The largest absolute Gasteiger partial charge is 0.519 e. The fourth-order valence-corrected chi connectivity index (χ4v) is 5.16. The van der Waals surface area contributed by atoms with Gasteiger partial charge in [0.25, 0.3) is 5.69 Å². The molecule has 0 bridgehead atoms. The van der Waals surface area contributed by atoms with Gasteiger partial charge in [-0.3, -0.25) is 14.9 Å². The first kappa shape index (κ1) is 31.5. The van der Waals surface area contributed by atoms with E-state index in [0.29, 0.717) is 23.2 Å². The molecule has 1 heterocycles. The quantitative estimate of drug-likeness (QED) is 0.0889. The van der Waals surface area contributed by atoms with Crippen molar-refractivity contribution < 1.29 is 37.9 Å². The van der Waals surface area contributed by atoms with E-state index < -0.39 is 16.9 Å². The van der Waals surface area contributed by atoms with Crippen molar-refractivity contribution in [1.82, 2.24) is 9.88 Å². The average Bonchev–Trinajstić information content (AvgIpc) is 3.56. The van der Waals surface area contributed by atoms with Gasteiger partial charge in [-0.2, -0.15) is 0 Å². The highest BCUT2D eigenvalue weighted by Gasteiger charge is 2.27. The second kappa shape index (κ2) is 13.4. The Morgan fingerprint density at radius 2 is 1.67 bits per heavy atom. The van der Waals surface area contributed by atoms with Gasteiger partial charge >= 0.3 is 6.16 Å². The number of nitrogens with zero attached hydrogens (tertiary/aromatic N) is 2. The Bertz CT molecular complexity index is 1870.